The fourth-order valence-electron chi connectivity index (χ4n) is 1.86. The monoisotopic (exact) mass is 186 g/mol. The van der Waals surface area contributed by atoms with E-state index < -0.39 is 0 Å². The maximum absolute atomic E-state index is 5.72. The molecule has 2 saturated heterocycles. The Morgan fingerprint density at radius 2 is 2.08 bits per heavy atom. The van der Waals surface area contributed by atoms with Crippen molar-refractivity contribution in [3.63, 3.8) is 0 Å². The Balaban J connectivity index is 1.60. The van der Waals surface area contributed by atoms with E-state index in [1.165, 1.54) is 6.42 Å². The highest BCUT2D eigenvalue weighted by atomic mass is 16.6. The van der Waals surface area contributed by atoms with Crippen molar-refractivity contribution in [2.45, 2.75) is 37.9 Å². The Kier molecular flexibility index (Phi) is 3.58. The van der Waals surface area contributed by atoms with E-state index in [9.17, 15) is 0 Å². The lowest BCUT2D eigenvalue weighted by Gasteiger charge is -2.23. The number of rotatable bonds is 3. The Bertz CT molecular complexity index is 137. The predicted octanol–water partition coefficient (Wildman–Crippen LogP) is 1.36. The Labute approximate surface area is 79.4 Å². The summed E-state index contributed by atoms with van der Waals surface area (Å²) in [5, 5.41) is 0. The van der Waals surface area contributed by atoms with Gasteiger partial charge in [0.2, 0.25) is 0 Å². The van der Waals surface area contributed by atoms with Gasteiger partial charge in [-0.2, -0.15) is 0 Å². The summed E-state index contributed by atoms with van der Waals surface area (Å²) in [7, 11) is 0. The largest absolute Gasteiger partial charge is 0.379 e. The fourth-order valence-corrected chi connectivity index (χ4v) is 1.86. The average molecular weight is 186 g/mol. The summed E-state index contributed by atoms with van der Waals surface area (Å²) >= 11 is 0. The van der Waals surface area contributed by atoms with Crippen molar-refractivity contribution in [1.82, 2.24) is 0 Å². The zero-order valence-corrected chi connectivity index (χ0v) is 8.04. The van der Waals surface area contributed by atoms with Crippen molar-refractivity contribution in [2.24, 2.45) is 0 Å². The van der Waals surface area contributed by atoms with E-state index in [-0.39, 0.29) is 0 Å². The number of hydrogen-bond acceptors (Lipinski definition) is 3. The molecule has 2 fully saturated rings. The van der Waals surface area contributed by atoms with Gasteiger partial charge in [-0.1, -0.05) is 0 Å². The zero-order valence-electron chi connectivity index (χ0n) is 8.04. The molecule has 2 atom stereocenters. The van der Waals surface area contributed by atoms with Crippen LogP contribution in [-0.4, -0.2) is 38.6 Å². The highest BCUT2D eigenvalue weighted by Gasteiger charge is 2.19. The molecule has 13 heavy (non-hydrogen) atoms. The number of hydrogen-bond donors (Lipinski definition) is 0. The van der Waals surface area contributed by atoms with Gasteiger partial charge in [0.25, 0.3) is 0 Å². The highest BCUT2D eigenvalue weighted by Crippen LogP contribution is 2.15. The maximum atomic E-state index is 5.72. The second-order valence-corrected chi connectivity index (χ2v) is 3.81. The van der Waals surface area contributed by atoms with Crippen LogP contribution in [0.3, 0.4) is 0 Å². The first kappa shape index (κ1) is 9.44. The lowest BCUT2D eigenvalue weighted by molar-refractivity contribution is -0.0770. The van der Waals surface area contributed by atoms with E-state index in [0.717, 1.165) is 45.7 Å². The van der Waals surface area contributed by atoms with Gasteiger partial charge in [-0.3, -0.25) is 0 Å². The van der Waals surface area contributed by atoms with Crippen LogP contribution < -0.4 is 0 Å². The van der Waals surface area contributed by atoms with Crippen molar-refractivity contribution >= 4 is 0 Å². The van der Waals surface area contributed by atoms with Crippen molar-refractivity contribution < 1.29 is 14.2 Å². The fraction of sp³-hybridized carbons (Fsp3) is 1.00. The molecular weight excluding hydrogens is 168 g/mol. The molecule has 0 spiro atoms. The van der Waals surface area contributed by atoms with Crippen LogP contribution in [0.25, 0.3) is 0 Å². The van der Waals surface area contributed by atoms with Gasteiger partial charge in [-0.25, -0.2) is 0 Å². The molecule has 0 aromatic carbocycles. The summed E-state index contributed by atoms with van der Waals surface area (Å²) in [6.07, 6.45) is 5.30. The summed E-state index contributed by atoms with van der Waals surface area (Å²) in [6, 6.07) is 0. The van der Waals surface area contributed by atoms with E-state index in [1.54, 1.807) is 0 Å². The molecule has 0 N–H and O–H groups in total. The third kappa shape index (κ3) is 2.93. The van der Waals surface area contributed by atoms with Gasteiger partial charge in [0.05, 0.1) is 25.4 Å². The Hall–Kier alpha value is -0.120. The minimum absolute atomic E-state index is 0.318. The summed E-state index contributed by atoms with van der Waals surface area (Å²) in [6.45, 7) is 3.34. The topological polar surface area (TPSA) is 27.7 Å². The van der Waals surface area contributed by atoms with Crippen LogP contribution in [0.5, 0.6) is 0 Å². The summed E-state index contributed by atoms with van der Waals surface area (Å²) < 4.78 is 16.5. The second-order valence-electron chi connectivity index (χ2n) is 3.81. The SMILES string of the molecule is C1COCC(OCC2CCCO2)C1. The molecule has 0 aromatic rings. The summed E-state index contributed by atoms with van der Waals surface area (Å²) in [4.78, 5) is 0. The minimum Gasteiger partial charge on any atom is -0.379 e. The van der Waals surface area contributed by atoms with Crippen LogP contribution in [0, 0.1) is 0 Å². The second kappa shape index (κ2) is 4.94. The molecule has 3 nitrogen and oxygen atoms in total. The van der Waals surface area contributed by atoms with Crippen LogP contribution in [0.15, 0.2) is 0 Å². The molecule has 2 aliphatic rings. The van der Waals surface area contributed by atoms with Gasteiger partial charge >= 0.3 is 0 Å². The first-order valence-corrected chi connectivity index (χ1v) is 5.26. The van der Waals surface area contributed by atoms with E-state index >= 15 is 0 Å². The molecule has 0 radical (unpaired) electrons. The molecule has 3 heteroatoms. The predicted molar refractivity (Wildman–Crippen MR) is 48.8 cm³/mol. The molecule has 0 aliphatic carbocycles. The van der Waals surface area contributed by atoms with E-state index in [0.29, 0.717) is 12.2 Å². The highest BCUT2D eigenvalue weighted by molar-refractivity contribution is 4.67. The molecule has 2 unspecified atom stereocenters. The van der Waals surface area contributed by atoms with Crippen molar-refractivity contribution in [2.75, 3.05) is 26.4 Å². The average Bonchev–Trinajstić information content (AvgIpc) is 2.69. The van der Waals surface area contributed by atoms with E-state index in [4.69, 9.17) is 14.2 Å². The number of ether oxygens (including phenoxy) is 3. The third-order valence-corrected chi connectivity index (χ3v) is 2.66. The summed E-state index contributed by atoms with van der Waals surface area (Å²) in [5.74, 6) is 0. The lowest BCUT2D eigenvalue weighted by atomic mass is 10.2. The van der Waals surface area contributed by atoms with Crippen molar-refractivity contribution in [3.05, 3.63) is 0 Å². The van der Waals surface area contributed by atoms with Crippen LogP contribution in [0.2, 0.25) is 0 Å². The molecule has 0 amide bonds. The first-order chi connectivity index (χ1) is 6.45. The molecule has 0 saturated carbocycles. The standard InChI is InChI=1S/C10H18O3/c1-3-9(7-11-5-1)13-8-10-4-2-6-12-10/h9-10H,1-8H2. The van der Waals surface area contributed by atoms with E-state index in [1.807, 2.05) is 0 Å². The normalized spacial score (nSPS) is 35.1. The van der Waals surface area contributed by atoms with Gasteiger partial charge in [-0.15, -0.1) is 0 Å². The lowest BCUT2D eigenvalue weighted by Crippen LogP contribution is -2.28. The first-order valence-electron chi connectivity index (χ1n) is 5.26. The van der Waals surface area contributed by atoms with Crippen LogP contribution in [-0.2, 0) is 14.2 Å². The van der Waals surface area contributed by atoms with Crippen molar-refractivity contribution in [3.8, 4) is 0 Å². The van der Waals surface area contributed by atoms with Gasteiger partial charge in [0, 0.05) is 13.2 Å². The van der Waals surface area contributed by atoms with Gasteiger partial charge in [0.1, 0.15) is 0 Å². The Morgan fingerprint density at radius 1 is 1.15 bits per heavy atom. The minimum atomic E-state index is 0.318. The smallest absolute Gasteiger partial charge is 0.0810 e. The van der Waals surface area contributed by atoms with Gasteiger partial charge < -0.3 is 14.2 Å². The van der Waals surface area contributed by atoms with Crippen LogP contribution >= 0.6 is 0 Å². The van der Waals surface area contributed by atoms with Crippen LogP contribution in [0.4, 0.5) is 0 Å². The molecule has 2 aliphatic heterocycles. The zero-order chi connectivity index (χ0) is 8.93. The third-order valence-electron chi connectivity index (χ3n) is 2.66. The van der Waals surface area contributed by atoms with Gasteiger partial charge in [-0.05, 0) is 25.7 Å². The van der Waals surface area contributed by atoms with Crippen molar-refractivity contribution in [1.29, 1.82) is 0 Å². The van der Waals surface area contributed by atoms with Gasteiger partial charge in [0.15, 0.2) is 0 Å². The quantitative estimate of drug-likeness (QED) is 0.666. The van der Waals surface area contributed by atoms with E-state index in [2.05, 4.69) is 0 Å². The molecule has 0 aromatic heterocycles. The molecule has 2 heterocycles. The molecule has 0 bridgehead atoms. The Morgan fingerprint density at radius 3 is 2.77 bits per heavy atom. The van der Waals surface area contributed by atoms with Crippen LogP contribution in [0.1, 0.15) is 25.7 Å². The molecular formula is C10H18O3. The molecule has 2 rings (SSSR count). The maximum Gasteiger partial charge on any atom is 0.0810 e. The molecule has 76 valence electrons. The summed E-state index contributed by atoms with van der Waals surface area (Å²) in [5.41, 5.74) is 0.